The lowest BCUT2D eigenvalue weighted by Gasteiger charge is -2.02. The molecule has 2 rings (SSSR count). The molecule has 0 aliphatic carbocycles. The monoisotopic (exact) mass is 326 g/mol. The average molecular weight is 326 g/mol. The molecule has 0 unspecified atom stereocenters. The molecule has 0 amide bonds. The minimum atomic E-state index is -0.332. The van der Waals surface area contributed by atoms with Crippen LogP contribution in [0.3, 0.4) is 0 Å². The number of ether oxygens (including phenoxy) is 1. The highest BCUT2D eigenvalue weighted by atomic mass is 19.1. The molecule has 0 bridgehead atoms. The van der Waals surface area contributed by atoms with Gasteiger partial charge in [-0.05, 0) is 42.2 Å². The molecule has 0 saturated heterocycles. The molecule has 0 N–H and O–H groups in total. The molecule has 0 aliphatic heterocycles. The van der Waals surface area contributed by atoms with Gasteiger partial charge in [0.2, 0.25) is 0 Å². The Kier molecular flexibility index (Phi) is 6.43. The van der Waals surface area contributed by atoms with Crippen molar-refractivity contribution in [3.63, 3.8) is 0 Å². The zero-order valence-corrected chi connectivity index (χ0v) is 13.5. The van der Waals surface area contributed by atoms with E-state index in [2.05, 4.69) is 4.74 Å². The second-order valence-electron chi connectivity index (χ2n) is 5.38. The van der Waals surface area contributed by atoms with Crippen molar-refractivity contribution in [3.05, 3.63) is 77.1 Å². The van der Waals surface area contributed by atoms with Gasteiger partial charge in [0.25, 0.3) is 0 Å². The van der Waals surface area contributed by atoms with E-state index in [1.165, 1.54) is 25.3 Å². The van der Waals surface area contributed by atoms with Crippen molar-refractivity contribution in [1.82, 2.24) is 0 Å². The zero-order valence-electron chi connectivity index (χ0n) is 13.5. The van der Waals surface area contributed by atoms with Gasteiger partial charge in [-0.15, -0.1) is 0 Å². The highest BCUT2D eigenvalue weighted by Crippen LogP contribution is 2.11. The molecule has 0 heterocycles. The van der Waals surface area contributed by atoms with Gasteiger partial charge in [0.15, 0.2) is 5.78 Å². The Morgan fingerprint density at radius 3 is 2.54 bits per heavy atom. The fourth-order valence-electron chi connectivity index (χ4n) is 2.25. The van der Waals surface area contributed by atoms with E-state index in [0.29, 0.717) is 24.0 Å². The van der Waals surface area contributed by atoms with Crippen molar-refractivity contribution in [2.75, 3.05) is 7.11 Å². The summed E-state index contributed by atoms with van der Waals surface area (Å²) >= 11 is 0. The summed E-state index contributed by atoms with van der Waals surface area (Å²) in [5.41, 5.74) is 2.27. The van der Waals surface area contributed by atoms with Gasteiger partial charge in [-0.2, -0.15) is 0 Å². The van der Waals surface area contributed by atoms with Gasteiger partial charge in [0.05, 0.1) is 7.11 Å². The Balaban J connectivity index is 1.92. The van der Waals surface area contributed by atoms with Crippen molar-refractivity contribution >= 4 is 17.8 Å². The summed E-state index contributed by atoms with van der Waals surface area (Å²) < 4.78 is 17.7. The van der Waals surface area contributed by atoms with Crippen molar-refractivity contribution in [3.8, 4) is 0 Å². The van der Waals surface area contributed by atoms with Crippen LogP contribution in [-0.4, -0.2) is 18.9 Å². The predicted molar refractivity (Wildman–Crippen MR) is 91.2 cm³/mol. The Morgan fingerprint density at radius 1 is 1.12 bits per heavy atom. The molecule has 124 valence electrons. The molecule has 24 heavy (non-hydrogen) atoms. The number of hydrogen-bond donors (Lipinski definition) is 0. The largest absolute Gasteiger partial charge is 0.469 e. The van der Waals surface area contributed by atoms with Crippen LogP contribution in [0, 0.1) is 5.82 Å². The third kappa shape index (κ3) is 5.47. The summed E-state index contributed by atoms with van der Waals surface area (Å²) in [4.78, 5) is 23.2. The number of esters is 1. The fourth-order valence-corrected chi connectivity index (χ4v) is 2.25. The Morgan fingerprint density at radius 2 is 1.88 bits per heavy atom. The van der Waals surface area contributed by atoms with Crippen LogP contribution >= 0.6 is 0 Å². The molecule has 0 spiro atoms. The Labute approximate surface area is 140 Å². The number of halogens is 1. The molecule has 2 aromatic carbocycles. The first kappa shape index (κ1) is 17.6. The molecular formula is C20H19FO3. The van der Waals surface area contributed by atoms with Crippen molar-refractivity contribution in [2.45, 2.75) is 19.3 Å². The molecule has 0 aliphatic rings. The summed E-state index contributed by atoms with van der Waals surface area (Å²) in [5.74, 6) is -0.689. The van der Waals surface area contributed by atoms with E-state index in [0.717, 1.165) is 12.0 Å². The highest BCUT2D eigenvalue weighted by Gasteiger charge is 2.04. The molecule has 3 nitrogen and oxygen atoms in total. The summed E-state index contributed by atoms with van der Waals surface area (Å²) in [6, 6.07) is 13.3. The first-order valence-corrected chi connectivity index (χ1v) is 7.72. The van der Waals surface area contributed by atoms with E-state index in [9.17, 15) is 14.0 Å². The van der Waals surface area contributed by atoms with Crippen LogP contribution in [0.2, 0.25) is 0 Å². The van der Waals surface area contributed by atoms with Gasteiger partial charge >= 0.3 is 5.97 Å². The molecule has 0 fully saturated rings. The smallest absolute Gasteiger partial charge is 0.305 e. The van der Waals surface area contributed by atoms with E-state index >= 15 is 0 Å². The maximum absolute atomic E-state index is 13.1. The van der Waals surface area contributed by atoms with Crippen LogP contribution in [0.15, 0.2) is 54.6 Å². The SMILES string of the molecule is COC(=O)CCCc1ccc(C(=O)C=Cc2cccc(F)c2)cc1. The van der Waals surface area contributed by atoms with Gasteiger partial charge in [0.1, 0.15) is 5.82 Å². The number of carbonyl (C=O) groups excluding carboxylic acids is 2. The Hall–Kier alpha value is -2.75. The van der Waals surface area contributed by atoms with Gasteiger partial charge in [-0.1, -0.05) is 42.5 Å². The third-order valence-corrected chi connectivity index (χ3v) is 3.59. The van der Waals surface area contributed by atoms with Crippen molar-refractivity contribution in [1.29, 1.82) is 0 Å². The van der Waals surface area contributed by atoms with Crippen molar-refractivity contribution < 1.29 is 18.7 Å². The Bertz CT molecular complexity index is 733. The molecule has 2 aromatic rings. The van der Waals surface area contributed by atoms with E-state index in [1.807, 2.05) is 12.1 Å². The first-order valence-electron chi connectivity index (χ1n) is 7.72. The third-order valence-electron chi connectivity index (χ3n) is 3.59. The summed E-state index contributed by atoms with van der Waals surface area (Å²) in [5, 5.41) is 0. The van der Waals surface area contributed by atoms with Gasteiger partial charge < -0.3 is 4.74 Å². The summed E-state index contributed by atoms with van der Waals surface area (Å²) in [6.45, 7) is 0. The lowest BCUT2D eigenvalue weighted by Crippen LogP contribution is -2.00. The number of carbonyl (C=O) groups is 2. The number of aryl methyl sites for hydroxylation is 1. The number of benzene rings is 2. The lowest BCUT2D eigenvalue weighted by molar-refractivity contribution is -0.140. The second kappa shape index (κ2) is 8.77. The highest BCUT2D eigenvalue weighted by molar-refractivity contribution is 6.06. The van der Waals surface area contributed by atoms with Crippen LogP contribution < -0.4 is 0 Å². The maximum Gasteiger partial charge on any atom is 0.305 e. The van der Waals surface area contributed by atoms with Gasteiger partial charge in [0, 0.05) is 12.0 Å². The zero-order chi connectivity index (χ0) is 17.4. The minimum absolute atomic E-state index is 0.139. The van der Waals surface area contributed by atoms with Crippen LogP contribution in [0.5, 0.6) is 0 Å². The summed E-state index contributed by atoms with van der Waals surface area (Å²) in [7, 11) is 1.38. The number of rotatable bonds is 7. The van der Waals surface area contributed by atoms with E-state index in [1.54, 1.807) is 30.3 Å². The predicted octanol–water partition coefficient (Wildman–Crippen LogP) is 4.22. The fraction of sp³-hybridized carbons (Fsp3) is 0.200. The molecule has 0 aromatic heterocycles. The number of ketones is 1. The molecule has 0 saturated carbocycles. The van der Waals surface area contributed by atoms with Crippen molar-refractivity contribution in [2.24, 2.45) is 0 Å². The number of allylic oxidation sites excluding steroid dienone is 1. The molecular weight excluding hydrogens is 307 g/mol. The minimum Gasteiger partial charge on any atom is -0.469 e. The van der Waals surface area contributed by atoms with Crippen LogP contribution in [-0.2, 0) is 16.0 Å². The van der Waals surface area contributed by atoms with Crippen LogP contribution in [0.1, 0.15) is 34.3 Å². The lowest BCUT2D eigenvalue weighted by atomic mass is 10.0. The van der Waals surface area contributed by atoms with Crippen LogP contribution in [0.25, 0.3) is 6.08 Å². The average Bonchev–Trinajstić information content (AvgIpc) is 2.60. The second-order valence-corrected chi connectivity index (χ2v) is 5.38. The molecule has 4 heteroatoms. The molecule has 0 atom stereocenters. The quantitative estimate of drug-likeness (QED) is 0.435. The van der Waals surface area contributed by atoms with E-state index in [4.69, 9.17) is 0 Å². The van der Waals surface area contributed by atoms with Crippen LogP contribution in [0.4, 0.5) is 4.39 Å². The normalized spacial score (nSPS) is 10.8. The molecule has 0 radical (unpaired) electrons. The summed E-state index contributed by atoms with van der Waals surface area (Å²) in [6.07, 6.45) is 4.87. The van der Waals surface area contributed by atoms with E-state index in [-0.39, 0.29) is 17.6 Å². The standard InChI is InChI=1S/C20H19FO3/c1-24-20(23)7-3-4-15-8-11-17(12-9-15)19(22)13-10-16-5-2-6-18(21)14-16/h2,5-6,8-14H,3-4,7H2,1H3. The number of hydrogen-bond acceptors (Lipinski definition) is 3. The topological polar surface area (TPSA) is 43.4 Å². The van der Waals surface area contributed by atoms with E-state index < -0.39 is 0 Å². The maximum atomic E-state index is 13.1. The van der Waals surface area contributed by atoms with Gasteiger partial charge in [-0.3, -0.25) is 9.59 Å². The first-order chi connectivity index (χ1) is 11.6. The number of methoxy groups -OCH3 is 1. The van der Waals surface area contributed by atoms with Gasteiger partial charge in [-0.25, -0.2) is 4.39 Å².